The smallest absolute Gasteiger partial charge is 0.402 e. The van der Waals surface area contributed by atoms with Gasteiger partial charge in [-0.25, -0.2) is 9.55 Å². The third-order valence-corrected chi connectivity index (χ3v) is 2.00. The van der Waals surface area contributed by atoms with E-state index in [1.165, 1.54) is 6.20 Å². The van der Waals surface area contributed by atoms with Crippen molar-refractivity contribution in [3.8, 4) is 0 Å². The fraction of sp³-hybridized carbons (Fsp3) is 0.625. The summed E-state index contributed by atoms with van der Waals surface area (Å²) in [6, 6.07) is 0. The van der Waals surface area contributed by atoms with Crippen molar-refractivity contribution in [2.45, 2.75) is 32.5 Å². The Hall–Kier alpha value is -1.06. The Balaban J connectivity index is 0.000000557. The molecule has 98 valence electrons. The largest absolute Gasteiger partial charge is 0.631 e. The predicted molar refractivity (Wildman–Crippen MR) is 54.6 cm³/mol. The molecule has 0 aromatic carbocycles. The number of alkyl halides is 3. The summed E-state index contributed by atoms with van der Waals surface area (Å²) < 4.78 is 37.2. The highest BCUT2D eigenvalue weighted by atomic mass is 19.4. The van der Waals surface area contributed by atoms with E-state index in [1.54, 1.807) is 6.92 Å². The number of hydrogen-bond donors (Lipinski definition) is 3. The van der Waals surface area contributed by atoms with Crippen molar-refractivity contribution in [2.24, 2.45) is 0 Å². The van der Waals surface area contributed by atoms with Crippen molar-refractivity contribution >= 4 is 7.32 Å². The van der Waals surface area contributed by atoms with E-state index in [2.05, 4.69) is 4.98 Å². The Kier molecular flexibility index (Phi) is 6.21. The topological polar surface area (TPSA) is 78.5 Å². The van der Waals surface area contributed by atoms with Gasteiger partial charge in [-0.1, -0.05) is 13.8 Å². The molecule has 0 aliphatic heterocycles. The van der Waals surface area contributed by atoms with Crippen molar-refractivity contribution in [3.63, 3.8) is 0 Å². The van der Waals surface area contributed by atoms with Gasteiger partial charge in [0.15, 0.2) is 0 Å². The lowest BCUT2D eigenvalue weighted by Gasteiger charge is -2.14. The molecule has 17 heavy (non-hydrogen) atoms. The van der Waals surface area contributed by atoms with Gasteiger partial charge in [0, 0.05) is 18.3 Å². The zero-order valence-electron chi connectivity index (χ0n) is 9.39. The van der Waals surface area contributed by atoms with E-state index in [-0.39, 0.29) is 16.3 Å². The minimum Gasteiger partial charge on any atom is -0.402 e. The van der Waals surface area contributed by atoms with E-state index in [1.807, 2.05) is 6.92 Å². The standard InChI is InChI=1S/C8H11F3N2.BH3O3/c1-3-6(2)7-12-4-5-13(7)8(9,10)11;2-1(3)4/h4-6H,3H2,1-2H3;2-4H. The molecule has 5 nitrogen and oxygen atoms in total. The first-order chi connectivity index (χ1) is 7.70. The van der Waals surface area contributed by atoms with Crippen LogP contribution in [0.2, 0.25) is 0 Å². The lowest BCUT2D eigenvalue weighted by atomic mass is 10.1. The van der Waals surface area contributed by atoms with Gasteiger partial charge < -0.3 is 15.1 Å². The maximum atomic E-state index is 12.3. The van der Waals surface area contributed by atoms with E-state index < -0.39 is 13.6 Å². The lowest BCUT2D eigenvalue weighted by Crippen LogP contribution is -2.19. The summed E-state index contributed by atoms with van der Waals surface area (Å²) in [5.41, 5.74) is 0. The molecule has 0 aliphatic carbocycles. The zero-order valence-corrected chi connectivity index (χ0v) is 9.39. The summed E-state index contributed by atoms with van der Waals surface area (Å²) in [5.74, 6) is -0.0911. The van der Waals surface area contributed by atoms with Gasteiger partial charge in [0.05, 0.1) is 0 Å². The summed E-state index contributed by atoms with van der Waals surface area (Å²) in [6.07, 6.45) is -1.58. The summed E-state index contributed by atoms with van der Waals surface area (Å²) in [6.45, 7) is 3.56. The maximum Gasteiger partial charge on any atom is 0.631 e. The number of rotatable bonds is 2. The fourth-order valence-electron chi connectivity index (χ4n) is 1.08. The van der Waals surface area contributed by atoms with Gasteiger partial charge in [0.2, 0.25) is 0 Å². The normalized spacial score (nSPS) is 12.7. The van der Waals surface area contributed by atoms with Crippen LogP contribution in [0, 0.1) is 0 Å². The lowest BCUT2D eigenvalue weighted by molar-refractivity contribution is -0.205. The number of imidazole rings is 1. The van der Waals surface area contributed by atoms with Crippen LogP contribution in [0.15, 0.2) is 12.4 Å². The number of aromatic nitrogens is 2. The molecule has 0 saturated heterocycles. The summed E-state index contributed by atoms with van der Waals surface area (Å²) in [7, 11) is -2.17. The van der Waals surface area contributed by atoms with Crippen LogP contribution < -0.4 is 0 Å². The summed E-state index contributed by atoms with van der Waals surface area (Å²) in [4.78, 5) is 3.70. The third-order valence-electron chi connectivity index (χ3n) is 2.00. The third kappa shape index (κ3) is 5.71. The summed E-state index contributed by atoms with van der Waals surface area (Å²) >= 11 is 0. The van der Waals surface area contributed by atoms with Gasteiger partial charge in [0.1, 0.15) is 5.82 Å². The van der Waals surface area contributed by atoms with Crippen molar-refractivity contribution in [1.29, 1.82) is 0 Å². The second kappa shape index (κ2) is 6.62. The van der Waals surface area contributed by atoms with Crippen molar-refractivity contribution in [1.82, 2.24) is 9.55 Å². The first-order valence-electron chi connectivity index (χ1n) is 4.84. The van der Waals surface area contributed by atoms with Crippen LogP contribution in [0.1, 0.15) is 32.0 Å². The highest BCUT2D eigenvalue weighted by Gasteiger charge is 2.33. The minimum atomic E-state index is -4.35. The first-order valence-corrected chi connectivity index (χ1v) is 4.84. The molecule has 0 amide bonds. The molecular formula is C8H14BF3N2O3. The van der Waals surface area contributed by atoms with Crippen LogP contribution in [-0.4, -0.2) is 31.9 Å². The molecule has 0 radical (unpaired) electrons. The molecule has 1 atom stereocenters. The molecule has 0 spiro atoms. The van der Waals surface area contributed by atoms with Crippen molar-refractivity contribution in [3.05, 3.63) is 18.2 Å². The first kappa shape index (κ1) is 15.9. The van der Waals surface area contributed by atoms with Crippen molar-refractivity contribution < 1.29 is 28.2 Å². The zero-order chi connectivity index (χ0) is 13.6. The second-order valence-electron chi connectivity index (χ2n) is 3.28. The number of halogens is 3. The van der Waals surface area contributed by atoms with E-state index in [0.29, 0.717) is 6.42 Å². The molecule has 0 saturated carbocycles. The average molecular weight is 254 g/mol. The van der Waals surface area contributed by atoms with E-state index in [9.17, 15) is 13.2 Å². The predicted octanol–water partition coefficient (Wildman–Crippen LogP) is 0.821. The Morgan fingerprint density at radius 1 is 1.41 bits per heavy atom. The van der Waals surface area contributed by atoms with Gasteiger partial charge in [-0.05, 0) is 6.42 Å². The average Bonchev–Trinajstić information content (AvgIpc) is 2.63. The van der Waals surface area contributed by atoms with E-state index >= 15 is 0 Å². The molecule has 0 fully saturated rings. The molecule has 3 N–H and O–H groups in total. The number of hydrogen-bond acceptors (Lipinski definition) is 4. The molecule has 1 aromatic heterocycles. The van der Waals surface area contributed by atoms with Gasteiger partial charge in [-0.15, -0.1) is 13.2 Å². The Bertz CT molecular complexity index is 327. The molecule has 1 aromatic rings. The van der Waals surface area contributed by atoms with Crippen LogP contribution in [-0.2, 0) is 6.30 Å². The summed E-state index contributed by atoms with van der Waals surface area (Å²) in [5, 5.41) is 21.5. The quantitative estimate of drug-likeness (QED) is 0.683. The molecule has 9 heteroatoms. The highest BCUT2D eigenvalue weighted by molar-refractivity contribution is 6.30. The number of nitrogens with zero attached hydrogens (tertiary/aromatic N) is 2. The molecular weight excluding hydrogens is 240 g/mol. The Morgan fingerprint density at radius 2 is 1.88 bits per heavy atom. The highest BCUT2D eigenvalue weighted by Crippen LogP contribution is 2.27. The fourth-order valence-corrected chi connectivity index (χ4v) is 1.08. The van der Waals surface area contributed by atoms with Crippen LogP contribution in [0.3, 0.4) is 0 Å². The monoisotopic (exact) mass is 254 g/mol. The molecule has 1 unspecified atom stereocenters. The van der Waals surface area contributed by atoms with Gasteiger partial charge in [-0.3, -0.25) is 0 Å². The van der Waals surface area contributed by atoms with Crippen LogP contribution in [0.25, 0.3) is 0 Å². The maximum absolute atomic E-state index is 12.3. The minimum absolute atomic E-state index is 0.0787. The Morgan fingerprint density at radius 3 is 2.24 bits per heavy atom. The van der Waals surface area contributed by atoms with E-state index in [0.717, 1.165) is 6.20 Å². The van der Waals surface area contributed by atoms with Crippen LogP contribution in [0.5, 0.6) is 0 Å². The molecule has 0 bridgehead atoms. The van der Waals surface area contributed by atoms with Gasteiger partial charge in [-0.2, -0.15) is 0 Å². The van der Waals surface area contributed by atoms with Crippen molar-refractivity contribution in [2.75, 3.05) is 0 Å². The van der Waals surface area contributed by atoms with Gasteiger partial charge in [0.25, 0.3) is 0 Å². The van der Waals surface area contributed by atoms with Gasteiger partial charge >= 0.3 is 13.6 Å². The van der Waals surface area contributed by atoms with Crippen LogP contribution in [0.4, 0.5) is 13.2 Å². The van der Waals surface area contributed by atoms with Crippen LogP contribution >= 0.6 is 0 Å². The molecule has 1 rings (SSSR count). The SMILES string of the molecule is CCC(C)c1nccn1C(F)(F)F.OB(O)O. The molecule has 0 aliphatic rings. The second-order valence-corrected chi connectivity index (χ2v) is 3.28. The van der Waals surface area contributed by atoms with E-state index in [4.69, 9.17) is 15.1 Å². The molecule has 1 heterocycles. The Labute approximate surface area is 96.7 Å².